The highest BCUT2D eigenvalue weighted by Crippen LogP contribution is 2.22. The van der Waals surface area contributed by atoms with Gasteiger partial charge < -0.3 is 5.11 Å². The quantitative estimate of drug-likeness (QED) is 0.196. The minimum atomic E-state index is -0.708. The predicted molar refractivity (Wildman–Crippen MR) is 134 cm³/mol. The topological polar surface area (TPSA) is 37.3 Å². The van der Waals surface area contributed by atoms with Crippen LogP contribution in [0.4, 0.5) is 0 Å². The lowest BCUT2D eigenvalue weighted by Gasteiger charge is -2.12. The van der Waals surface area contributed by atoms with Gasteiger partial charge in [-0.3, -0.25) is 4.79 Å². The predicted octanol–water partition coefficient (Wildman–Crippen LogP) is 8.85. The van der Waals surface area contributed by atoms with Gasteiger partial charge in [0, 0.05) is 5.75 Å². The number of benzene rings is 1. The van der Waals surface area contributed by atoms with E-state index in [-0.39, 0.29) is 5.92 Å². The first-order valence-corrected chi connectivity index (χ1v) is 13.8. The largest absolute Gasteiger partial charge is 0.481 e. The van der Waals surface area contributed by atoms with Gasteiger partial charge in [0.05, 0.1) is 5.92 Å². The number of hydrogen-bond acceptors (Lipinski definition) is 2. The standard InChI is InChI=1S/C27H46O2S/c1-2-3-4-5-6-7-8-9-10-11-12-13-14-15-16-20-23-30-24-26(27(28)29)25-21-18-17-19-22-25/h17-19,21-22,26H,2-16,20,23-24H2,1H3,(H,28,29). The Morgan fingerprint density at radius 2 is 1.17 bits per heavy atom. The summed E-state index contributed by atoms with van der Waals surface area (Å²) in [6, 6.07) is 9.63. The van der Waals surface area contributed by atoms with Gasteiger partial charge in [-0.2, -0.15) is 11.8 Å². The Morgan fingerprint density at radius 3 is 1.60 bits per heavy atom. The average Bonchev–Trinajstić information content (AvgIpc) is 2.76. The minimum Gasteiger partial charge on any atom is -0.481 e. The zero-order chi connectivity index (χ0) is 21.7. The van der Waals surface area contributed by atoms with Crippen molar-refractivity contribution < 1.29 is 9.90 Å². The monoisotopic (exact) mass is 434 g/mol. The third kappa shape index (κ3) is 14.9. The average molecular weight is 435 g/mol. The molecule has 0 aliphatic heterocycles. The van der Waals surface area contributed by atoms with Gasteiger partial charge in [0.1, 0.15) is 0 Å². The Labute approximate surface area is 190 Å². The molecular weight excluding hydrogens is 388 g/mol. The lowest BCUT2D eigenvalue weighted by atomic mass is 10.0. The van der Waals surface area contributed by atoms with Crippen LogP contribution in [-0.2, 0) is 4.79 Å². The van der Waals surface area contributed by atoms with Gasteiger partial charge in [-0.05, 0) is 17.7 Å². The van der Waals surface area contributed by atoms with Crippen LogP contribution >= 0.6 is 11.8 Å². The van der Waals surface area contributed by atoms with Gasteiger partial charge >= 0.3 is 5.97 Å². The molecular formula is C27H46O2S. The van der Waals surface area contributed by atoms with Crippen LogP contribution < -0.4 is 0 Å². The van der Waals surface area contributed by atoms with Crippen LogP contribution in [0, 0.1) is 0 Å². The summed E-state index contributed by atoms with van der Waals surface area (Å²) in [5.41, 5.74) is 0.921. The first-order valence-electron chi connectivity index (χ1n) is 12.6. The summed E-state index contributed by atoms with van der Waals surface area (Å²) in [5.74, 6) is 0.672. The molecule has 0 bridgehead atoms. The van der Waals surface area contributed by atoms with E-state index in [0.29, 0.717) is 5.75 Å². The summed E-state index contributed by atoms with van der Waals surface area (Å²) in [6.07, 6.45) is 22.2. The van der Waals surface area contributed by atoms with E-state index < -0.39 is 5.97 Å². The molecule has 172 valence electrons. The number of unbranched alkanes of at least 4 members (excludes halogenated alkanes) is 15. The van der Waals surface area contributed by atoms with E-state index >= 15 is 0 Å². The molecule has 2 nitrogen and oxygen atoms in total. The number of hydrogen-bond donors (Lipinski definition) is 1. The molecule has 0 fully saturated rings. The third-order valence-corrected chi connectivity index (χ3v) is 7.07. The van der Waals surface area contributed by atoms with Crippen LogP contribution in [-0.4, -0.2) is 22.6 Å². The second kappa shape index (κ2) is 20.0. The molecule has 1 N–H and O–H groups in total. The van der Waals surface area contributed by atoms with Gasteiger partial charge in [-0.25, -0.2) is 0 Å². The molecule has 1 aromatic carbocycles. The van der Waals surface area contributed by atoms with Gasteiger partial charge in [-0.1, -0.05) is 134 Å². The fraction of sp³-hybridized carbons (Fsp3) is 0.741. The van der Waals surface area contributed by atoms with Crippen molar-refractivity contribution in [3.8, 4) is 0 Å². The Hall–Kier alpha value is -0.960. The summed E-state index contributed by atoms with van der Waals surface area (Å²) in [4.78, 5) is 11.5. The fourth-order valence-corrected chi connectivity index (χ4v) is 5.09. The number of carbonyl (C=O) groups is 1. The molecule has 1 unspecified atom stereocenters. The molecule has 0 aromatic heterocycles. The van der Waals surface area contributed by atoms with Crippen LogP contribution in [0.5, 0.6) is 0 Å². The molecule has 0 saturated carbocycles. The second-order valence-electron chi connectivity index (χ2n) is 8.68. The van der Waals surface area contributed by atoms with Gasteiger partial charge in [-0.15, -0.1) is 0 Å². The third-order valence-electron chi connectivity index (χ3n) is 5.93. The highest BCUT2D eigenvalue weighted by molar-refractivity contribution is 7.99. The first kappa shape index (κ1) is 27.1. The van der Waals surface area contributed by atoms with Gasteiger partial charge in [0.25, 0.3) is 0 Å². The number of carboxylic acids is 1. The van der Waals surface area contributed by atoms with Gasteiger partial charge in [0.2, 0.25) is 0 Å². The van der Waals surface area contributed by atoms with Crippen LogP contribution in [0.15, 0.2) is 30.3 Å². The smallest absolute Gasteiger partial charge is 0.311 e. The van der Waals surface area contributed by atoms with E-state index in [4.69, 9.17) is 0 Å². The molecule has 0 heterocycles. The number of thioether (sulfide) groups is 1. The summed E-state index contributed by atoms with van der Waals surface area (Å²) in [7, 11) is 0. The Bertz CT molecular complexity index is 503. The van der Waals surface area contributed by atoms with E-state index in [9.17, 15) is 9.90 Å². The van der Waals surface area contributed by atoms with Crippen molar-refractivity contribution in [3.05, 3.63) is 35.9 Å². The van der Waals surface area contributed by atoms with E-state index in [0.717, 1.165) is 11.3 Å². The Morgan fingerprint density at radius 1 is 0.733 bits per heavy atom. The van der Waals surface area contributed by atoms with E-state index in [2.05, 4.69) is 6.92 Å². The summed E-state index contributed by atoms with van der Waals surface area (Å²) >= 11 is 1.79. The highest BCUT2D eigenvalue weighted by Gasteiger charge is 2.19. The van der Waals surface area contributed by atoms with Crippen LogP contribution in [0.25, 0.3) is 0 Å². The zero-order valence-corrected chi connectivity index (χ0v) is 20.3. The molecule has 30 heavy (non-hydrogen) atoms. The van der Waals surface area contributed by atoms with E-state index in [1.807, 2.05) is 30.3 Å². The molecule has 1 rings (SSSR count). The second-order valence-corrected chi connectivity index (χ2v) is 9.83. The molecule has 0 aliphatic carbocycles. The minimum absolute atomic E-state index is 0.378. The molecule has 0 saturated heterocycles. The van der Waals surface area contributed by atoms with Crippen molar-refractivity contribution in [2.45, 2.75) is 116 Å². The lowest BCUT2D eigenvalue weighted by molar-refractivity contribution is -0.138. The maximum absolute atomic E-state index is 11.5. The number of rotatable bonds is 21. The van der Waals surface area contributed by atoms with E-state index in [1.165, 1.54) is 103 Å². The molecule has 3 heteroatoms. The molecule has 0 amide bonds. The van der Waals surface area contributed by atoms with Crippen molar-refractivity contribution in [2.24, 2.45) is 0 Å². The maximum Gasteiger partial charge on any atom is 0.311 e. The first-order chi connectivity index (χ1) is 14.8. The number of carboxylic acid groups (broad SMARTS) is 1. The molecule has 0 spiro atoms. The van der Waals surface area contributed by atoms with Crippen molar-refractivity contribution >= 4 is 17.7 Å². The van der Waals surface area contributed by atoms with Crippen molar-refractivity contribution in [2.75, 3.05) is 11.5 Å². The Balaban J connectivity index is 1.84. The summed E-state index contributed by atoms with van der Waals surface area (Å²) < 4.78 is 0. The molecule has 0 radical (unpaired) electrons. The van der Waals surface area contributed by atoms with Crippen molar-refractivity contribution in [1.29, 1.82) is 0 Å². The zero-order valence-electron chi connectivity index (χ0n) is 19.5. The van der Waals surface area contributed by atoms with Crippen LogP contribution in [0.1, 0.15) is 121 Å². The SMILES string of the molecule is CCCCCCCCCCCCCCCCCCSCC(C(=O)O)c1ccccc1. The Kier molecular flexibility index (Phi) is 18.0. The summed E-state index contributed by atoms with van der Waals surface area (Å²) in [5, 5.41) is 9.46. The molecule has 1 aromatic rings. The number of aliphatic carboxylic acids is 1. The van der Waals surface area contributed by atoms with Gasteiger partial charge in [0.15, 0.2) is 0 Å². The maximum atomic E-state index is 11.5. The highest BCUT2D eigenvalue weighted by atomic mass is 32.2. The van der Waals surface area contributed by atoms with Crippen LogP contribution in [0.2, 0.25) is 0 Å². The lowest BCUT2D eigenvalue weighted by Crippen LogP contribution is -2.14. The fourth-order valence-electron chi connectivity index (χ4n) is 3.95. The molecule has 1 atom stereocenters. The summed E-state index contributed by atoms with van der Waals surface area (Å²) in [6.45, 7) is 2.28. The normalized spacial score (nSPS) is 12.2. The van der Waals surface area contributed by atoms with Crippen molar-refractivity contribution in [3.63, 3.8) is 0 Å². The van der Waals surface area contributed by atoms with Crippen LogP contribution in [0.3, 0.4) is 0 Å². The molecule has 0 aliphatic rings. The van der Waals surface area contributed by atoms with E-state index in [1.54, 1.807) is 11.8 Å². The van der Waals surface area contributed by atoms with Crippen molar-refractivity contribution in [1.82, 2.24) is 0 Å².